The molecule has 2 rings (SSSR count). The van der Waals surface area contributed by atoms with Crippen LogP contribution in [0.2, 0.25) is 0 Å². The van der Waals surface area contributed by atoms with Crippen molar-refractivity contribution in [2.75, 3.05) is 11.1 Å². The lowest BCUT2D eigenvalue weighted by atomic mass is 10.2. The van der Waals surface area contributed by atoms with E-state index in [0.29, 0.717) is 17.8 Å². The highest BCUT2D eigenvalue weighted by molar-refractivity contribution is 9.11. The van der Waals surface area contributed by atoms with E-state index in [-0.39, 0.29) is 11.6 Å². The SMILES string of the molecule is CCc1[nH]nc(C(=O)Nc2c(Br)cc(C)cc2Br)c1N. The van der Waals surface area contributed by atoms with Crippen LogP contribution < -0.4 is 11.1 Å². The molecule has 1 aromatic heterocycles. The number of hydrogen-bond donors (Lipinski definition) is 3. The van der Waals surface area contributed by atoms with E-state index in [1.165, 1.54) is 0 Å². The highest BCUT2D eigenvalue weighted by atomic mass is 79.9. The zero-order chi connectivity index (χ0) is 14.9. The Kier molecular flexibility index (Phi) is 4.49. The van der Waals surface area contributed by atoms with Crippen LogP contribution in [0.5, 0.6) is 0 Å². The lowest BCUT2D eigenvalue weighted by Gasteiger charge is -2.10. The highest BCUT2D eigenvalue weighted by Gasteiger charge is 2.18. The summed E-state index contributed by atoms with van der Waals surface area (Å²) in [5.41, 5.74) is 8.99. The fraction of sp³-hybridized carbons (Fsp3) is 0.231. The van der Waals surface area contributed by atoms with Crippen molar-refractivity contribution >= 4 is 49.1 Å². The van der Waals surface area contributed by atoms with Crippen LogP contribution >= 0.6 is 31.9 Å². The van der Waals surface area contributed by atoms with E-state index >= 15 is 0 Å². The monoisotopic (exact) mass is 400 g/mol. The molecule has 0 saturated heterocycles. The van der Waals surface area contributed by atoms with Crippen LogP contribution in [0.15, 0.2) is 21.1 Å². The van der Waals surface area contributed by atoms with E-state index in [0.717, 1.165) is 20.2 Å². The number of carbonyl (C=O) groups excluding carboxylic acids is 1. The second-order valence-electron chi connectivity index (χ2n) is 4.38. The molecule has 0 unspecified atom stereocenters. The van der Waals surface area contributed by atoms with Crippen molar-refractivity contribution in [3.8, 4) is 0 Å². The second-order valence-corrected chi connectivity index (χ2v) is 6.08. The Balaban J connectivity index is 2.30. The van der Waals surface area contributed by atoms with Crippen LogP contribution in [-0.4, -0.2) is 16.1 Å². The standard InChI is InChI=1S/C13H14Br2N4O/c1-3-9-10(16)12(19-18-9)13(20)17-11-7(14)4-6(2)5-8(11)15/h4-5H,3,16H2,1-2H3,(H,17,20)(H,18,19). The summed E-state index contributed by atoms with van der Waals surface area (Å²) in [5.74, 6) is -0.344. The van der Waals surface area contributed by atoms with E-state index in [9.17, 15) is 4.79 Å². The van der Waals surface area contributed by atoms with Gasteiger partial charge in [0, 0.05) is 8.95 Å². The maximum atomic E-state index is 12.2. The molecule has 0 aliphatic carbocycles. The van der Waals surface area contributed by atoms with Crippen molar-refractivity contribution < 1.29 is 4.79 Å². The zero-order valence-electron chi connectivity index (χ0n) is 11.1. The molecule has 0 fully saturated rings. The highest BCUT2D eigenvalue weighted by Crippen LogP contribution is 2.32. The molecule has 0 atom stereocenters. The van der Waals surface area contributed by atoms with Crippen LogP contribution in [0.4, 0.5) is 11.4 Å². The summed E-state index contributed by atoms with van der Waals surface area (Å²) in [7, 11) is 0. The molecule has 1 amide bonds. The van der Waals surface area contributed by atoms with E-state index in [2.05, 4.69) is 47.4 Å². The largest absolute Gasteiger partial charge is 0.395 e. The van der Waals surface area contributed by atoms with Gasteiger partial charge in [-0.1, -0.05) is 6.92 Å². The van der Waals surface area contributed by atoms with E-state index in [1.807, 2.05) is 26.0 Å². The first kappa shape index (κ1) is 15.1. The molecule has 2 aromatic rings. The molecular formula is C13H14Br2N4O. The molecule has 0 radical (unpaired) electrons. The Morgan fingerprint density at radius 3 is 2.50 bits per heavy atom. The maximum Gasteiger partial charge on any atom is 0.278 e. The fourth-order valence-corrected chi connectivity index (χ4v) is 3.43. The quantitative estimate of drug-likeness (QED) is 0.733. The number of aromatic nitrogens is 2. The van der Waals surface area contributed by atoms with Crippen molar-refractivity contribution in [2.24, 2.45) is 0 Å². The number of amides is 1. The Morgan fingerprint density at radius 2 is 2.00 bits per heavy atom. The van der Waals surface area contributed by atoms with Gasteiger partial charge in [0.15, 0.2) is 5.69 Å². The van der Waals surface area contributed by atoms with Crippen molar-refractivity contribution in [3.05, 3.63) is 38.0 Å². The van der Waals surface area contributed by atoms with Gasteiger partial charge in [-0.2, -0.15) is 5.10 Å². The number of anilines is 2. The maximum absolute atomic E-state index is 12.2. The first-order chi connectivity index (χ1) is 9.43. The first-order valence-electron chi connectivity index (χ1n) is 6.03. The zero-order valence-corrected chi connectivity index (χ0v) is 14.2. The van der Waals surface area contributed by atoms with Crippen LogP contribution in [0.25, 0.3) is 0 Å². The van der Waals surface area contributed by atoms with Gasteiger partial charge >= 0.3 is 0 Å². The topological polar surface area (TPSA) is 83.8 Å². The third-order valence-corrected chi connectivity index (χ3v) is 4.13. The molecule has 5 nitrogen and oxygen atoms in total. The molecule has 0 aliphatic rings. The Morgan fingerprint density at radius 1 is 1.40 bits per heavy atom. The summed E-state index contributed by atoms with van der Waals surface area (Å²) in [6, 6.07) is 3.84. The van der Waals surface area contributed by atoms with Gasteiger partial charge in [-0.05, 0) is 62.9 Å². The minimum Gasteiger partial charge on any atom is -0.395 e. The first-order valence-corrected chi connectivity index (χ1v) is 7.62. The predicted molar refractivity (Wildman–Crippen MR) is 86.9 cm³/mol. The minimum absolute atomic E-state index is 0.209. The number of halogens is 2. The molecular weight excluding hydrogens is 388 g/mol. The minimum atomic E-state index is -0.344. The van der Waals surface area contributed by atoms with Gasteiger partial charge in [0.05, 0.1) is 17.1 Å². The summed E-state index contributed by atoms with van der Waals surface area (Å²) in [6.45, 7) is 3.92. The second kappa shape index (κ2) is 5.97. The predicted octanol–water partition coefficient (Wildman–Crippen LogP) is 3.64. The van der Waals surface area contributed by atoms with E-state index < -0.39 is 0 Å². The number of hydrogen-bond acceptors (Lipinski definition) is 3. The van der Waals surface area contributed by atoms with Gasteiger partial charge in [0.1, 0.15) is 0 Å². The molecule has 4 N–H and O–H groups in total. The average Bonchev–Trinajstić information content (AvgIpc) is 2.74. The average molecular weight is 402 g/mol. The van der Waals surface area contributed by atoms with Crippen molar-refractivity contribution in [1.82, 2.24) is 10.2 Å². The Bertz CT molecular complexity index is 643. The molecule has 1 heterocycles. The molecule has 7 heteroatoms. The smallest absolute Gasteiger partial charge is 0.278 e. The summed E-state index contributed by atoms with van der Waals surface area (Å²) in [5, 5.41) is 9.54. The number of nitrogens with two attached hydrogens (primary N) is 1. The van der Waals surface area contributed by atoms with Gasteiger partial charge in [0.25, 0.3) is 5.91 Å². The molecule has 20 heavy (non-hydrogen) atoms. The summed E-state index contributed by atoms with van der Waals surface area (Å²) >= 11 is 6.86. The van der Waals surface area contributed by atoms with E-state index in [4.69, 9.17) is 5.73 Å². The number of aryl methyl sites for hydroxylation is 2. The Labute approximate surface area is 133 Å². The van der Waals surface area contributed by atoms with Crippen LogP contribution in [0.1, 0.15) is 28.7 Å². The number of nitrogens with zero attached hydrogens (tertiary/aromatic N) is 1. The Hall–Kier alpha value is -1.34. The van der Waals surface area contributed by atoms with Crippen LogP contribution in [-0.2, 0) is 6.42 Å². The molecule has 0 saturated carbocycles. The van der Waals surface area contributed by atoms with Crippen LogP contribution in [0.3, 0.4) is 0 Å². The van der Waals surface area contributed by atoms with Gasteiger partial charge < -0.3 is 11.1 Å². The number of nitrogen functional groups attached to an aromatic ring is 1. The van der Waals surface area contributed by atoms with Gasteiger partial charge in [-0.25, -0.2) is 0 Å². The number of carbonyl (C=O) groups is 1. The third-order valence-electron chi connectivity index (χ3n) is 2.88. The molecule has 1 aromatic carbocycles. The van der Waals surface area contributed by atoms with Crippen molar-refractivity contribution in [1.29, 1.82) is 0 Å². The summed E-state index contributed by atoms with van der Waals surface area (Å²) < 4.78 is 1.59. The normalized spacial score (nSPS) is 10.6. The molecule has 106 valence electrons. The molecule has 0 spiro atoms. The summed E-state index contributed by atoms with van der Waals surface area (Å²) in [4.78, 5) is 12.2. The lowest BCUT2D eigenvalue weighted by Crippen LogP contribution is -2.15. The lowest BCUT2D eigenvalue weighted by molar-refractivity contribution is 0.102. The number of benzene rings is 1. The molecule has 0 aliphatic heterocycles. The third kappa shape index (κ3) is 2.88. The number of nitrogens with one attached hydrogen (secondary N) is 2. The number of aromatic amines is 1. The van der Waals surface area contributed by atoms with Gasteiger partial charge in [-0.3, -0.25) is 9.89 Å². The number of H-pyrrole nitrogens is 1. The molecule has 0 bridgehead atoms. The van der Waals surface area contributed by atoms with Crippen LogP contribution in [0, 0.1) is 6.92 Å². The summed E-state index contributed by atoms with van der Waals surface area (Å²) in [6.07, 6.45) is 0.698. The fourth-order valence-electron chi connectivity index (χ4n) is 1.82. The van der Waals surface area contributed by atoms with Crippen molar-refractivity contribution in [3.63, 3.8) is 0 Å². The van der Waals surface area contributed by atoms with Crippen molar-refractivity contribution in [2.45, 2.75) is 20.3 Å². The van der Waals surface area contributed by atoms with E-state index in [1.54, 1.807) is 0 Å². The number of rotatable bonds is 3. The van der Waals surface area contributed by atoms with Gasteiger partial charge in [-0.15, -0.1) is 0 Å². The van der Waals surface area contributed by atoms with Gasteiger partial charge in [0.2, 0.25) is 0 Å².